The molecule has 2 rings (SSSR count). The van der Waals surface area contributed by atoms with Crippen molar-refractivity contribution in [1.29, 1.82) is 10.5 Å². The van der Waals surface area contributed by atoms with Crippen LogP contribution in [0, 0.1) is 41.3 Å². The highest BCUT2D eigenvalue weighted by molar-refractivity contribution is 5.38. The predicted octanol–water partition coefficient (Wildman–Crippen LogP) is 1.95. The van der Waals surface area contributed by atoms with Crippen molar-refractivity contribution >= 4 is 0 Å². The Morgan fingerprint density at radius 2 is 1.85 bits per heavy atom. The van der Waals surface area contributed by atoms with Crippen molar-refractivity contribution in [3.63, 3.8) is 0 Å². The highest BCUT2D eigenvalue weighted by atomic mass is 19.1. The Labute approximate surface area is 114 Å². The summed E-state index contributed by atoms with van der Waals surface area (Å²) < 4.78 is 14.0. The van der Waals surface area contributed by atoms with Crippen LogP contribution in [0.4, 0.5) is 4.39 Å². The van der Waals surface area contributed by atoms with E-state index in [1.54, 1.807) is 13.0 Å². The molecule has 0 bridgehead atoms. The summed E-state index contributed by atoms with van der Waals surface area (Å²) in [5, 5.41) is 23.2. The molecule has 2 N–H and O–H groups in total. The number of aromatic amines is 2. The van der Waals surface area contributed by atoms with E-state index in [1.165, 1.54) is 18.2 Å². The first kappa shape index (κ1) is 13.6. The SMILES string of the molecule is Cc1[nH][nH]c(=O)c1C(c1ccccc1F)C(C#N)C#N. The van der Waals surface area contributed by atoms with Crippen molar-refractivity contribution in [2.75, 3.05) is 0 Å². The molecule has 2 aromatic rings. The maximum Gasteiger partial charge on any atom is 0.268 e. The Bertz CT molecular complexity index is 748. The summed E-state index contributed by atoms with van der Waals surface area (Å²) in [5.41, 5.74) is 0.405. The molecule has 0 aliphatic heterocycles. The fourth-order valence-corrected chi connectivity index (χ4v) is 2.24. The maximum atomic E-state index is 14.0. The van der Waals surface area contributed by atoms with Gasteiger partial charge in [0.05, 0.1) is 12.1 Å². The molecule has 0 spiro atoms. The van der Waals surface area contributed by atoms with E-state index in [1.807, 2.05) is 12.1 Å². The summed E-state index contributed by atoms with van der Waals surface area (Å²) in [5.74, 6) is -2.63. The van der Waals surface area contributed by atoms with Crippen LogP contribution < -0.4 is 5.56 Å². The Morgan fingerprint density at radius 1 is 1.20 bits per heavy atom. The molecule has 0 radical (unpaired) electrons. The molecular weight excluding hydrogens is 259 g/mol. The molecule has 1 heterocycles. The van der Waals surface area contributed by atoms with Crippen molar-refractivity contribution in [3.05, 3.63) is 57.3 Å². The van der Waals surface area contributed by atoms with E-state index >= 15 is 0 Å². The van der Waals surface area contributed by atoms with Crippen molar-refractivity contribution in [1.82, 2.24) is 10.2 Å². The molecule has 1 aromatic carbocycles. The number of benzene rings is 1. The summed E-state index contributed by atoms with van der Waals surface area (Å²) in [6, 6.07) is 9.49. The van der Waals surface area contributed by atoms with Crippen LogP contribution in [0.15, 0.2) is 29.1 Å². The standard InChI is InChI=1S/C14H11FN4O/c1-8-12(14(20)19-18-8)13(9(6-16)7-17)10-4-2-3-5-11(10)15/h2-5,9,13H,1H3,(H2,18,19,20). The Kier molecular flexibility index (Phi) is 3.67. The molecule has 1 atom stereocenters. The van der Waals surface area contributed by atoms with Gasteiger partial charge in [-0.05, 0) is 18.6 Å². The number of aryl methyl sites for hydroxylation is 1. The fraction of sp³-hybridized carbons (Fsp3) is 0.214. The van der Waals surface area contributed by atoms with Crippen molar-refractivity contribution in [2.45, 2.75) is 12.8 Å². The Hall–Kier alpha value is -2.86. The van der Waals surface area contributed by atoms with Gasteiger partial charge in [0.2, 0.25) is 0 Å². The number of nitriles is 2. The van der Waals surface area contributed by atoms with E-state index in [0.717, 1.165) is 0 Å². The number of hydrogen-bond acceptors (Lipinski definition) is 3. The first-order valence-electron chi connectivity index (χ1n) is 5.91. The first-order chi connectivity index (χ1) is 9.60. The molecule has 0 fully saturated rings. The van der Waals surface area contributed by atoms with E-state index in [0.29, 0.717) is 5.69 Å². The Balaban J connectivity index is 2.71. The van der Waals surface area contributed by atoms with E-state index < -0.39 is 23.2 Å². The second kappa shape index (κ2) is 5.41. The molecule has 100 valence electrons. The van der Waals surface area contributed by atoms with E-state index in [2.05, 4.69) is 10.2 Å². The topological polar surface area (TPSA) is 96.2 Å². The van der Waals surface area contributed by atoms with Gasteiger partial charge in [-0.25, -0.2) is 4.39 Å². The third-order valence-electron chi connectivity index (χ3n) is 3.17. The van der Waals surface area contributed by atoms with Crippen LogP contribution >= 0.6 is 0 Å². The summed E-state index contributed by atoms with van der Waals surface area (Å²) in [6.07, 6.45) is 0. The number of hydrogen-bond donors (Lipinski definition) is 2. The number of nitrogens with one attached hydrogen (secondary N) is 2. The minimum absolute atomic E-state index is 0.161. The van der Waals surface area contributed by atoms with Crippen LogP contribution in [0.2, 0.25) is 0 Å². The Morgan fingerprint density at radius 3 is 2.35 bits per heavy atom. The molecule has 1 aromatic heterocycles. The van der Waals surface area contributed by atoms with Crippen LogP contribution in [-0.2, 0) is 0 Å². The zero-order valence-electron chi connectivity index (χ0n) is 10.6. The van der Waals surface area contributed by atoms with Gasteiger partial charge in [-0.15, -0.1) is 0 Å². The van der Waals surface area contributed by atoms with Crippen LogP contribution in [0.5, 0.6) is 0 Å². The summed E-state index contributed by atoms with van der Waals surface area (Å²) in [7, 11) is 0. The van der Waals surface area contributed by atoms with Crippen LogP contribution in [-0.4, -0.2) is 10.2 Å². The highest BCUT2D eigenvalue weighted by Crippen LogP contribution is 2.32. The van der Waals surface area contributed by atoms with E-state index in [-0.39, 0.29) is 11.1 Å². The lowest BCUT2D eigenvalue weighted by molar-refractivity contribution is 0.579. The van der Waals surface area contributed by atoms with Crippen molar-refractivity contribution in [2.24, 2.45) is 5.92 Å². The lowest BCUT2D eigenvalue weighted by atomic mass is 9.82. The van der Waals surface area contributed by atoms with Gasteiger partial charge in [0.25, 0.3) is 5.56 Å². The lowest BCUT2D eigenvalue weighted by Gasteiger charge is -2.17. The predicted molar refractivity (Wildman–Crippen MR) is 69.1 cm³/mol. The number of nitrogens with zero attached hydrogens (tertiary/aromatic N) is 2. The molecule has 0 saturated carbocycles. The third-order valence-corrected chi connectivity index (χ3v) is 3.17. The van der Waals surface area contributed by atoms with Gasteiger partial charge in [-0.3, -0.25) is 9.89 Å². The molecule has 0 amide bonds. The van der Waals surface area contributed by atoms with Crippen molar-refractivity contribution in [3.8, 4) is 12.1 Å². The monoisotopic (exact) mass is 270 g/mol. The van der Waals surface area contributed by atoms with Crippen LogP contribution in [0.3, 0.4) is 0 Å². The largest absolute Gasteiger partial charge is 0.302 e. The third kappa shape index (κ3) is 2.19. The van der Waals surface area contributed by atoms with Gasteiger partial charge in [-0.2, -0.15) is 10.5 Å². The van der Waals surface area contributed by atoms with Crippen LogP contribution in [0.1, 0.15) is 22.7 Å². The zero-order chi connectivity index (χ0) is 14.7. The van der Waals surface area contributed by atoms with Gasteiger partial charge >= 0.3 is 0 Å². The summed E-state index contributed by atoms with van der Waals surface area (Å²) in [4.78, 5) is 11.9. The number of H-pyrrole nitrogens is 2. The zero-order valence-corrected chi connectivity index (χ0v) is 10.6. The molecule has 6 heteroatoms. The number of halogens is 1. The highest BCUT2D eigenvalue weighted by Gasteiger charge is 2.31. The summed E-state index contributed by atoms with van der Waals surface area (Å²) >= 11 is 0. The molecule has 5 nitrogen and oxygen atoms in total. The van der Waals surface area contributed by atoms with Gasteiger partial charge in [0, 0.05) is 17.2 Å². The lowest BCUT2D eigenvalue weighted by Crippen LogP contribution is -2.20. The average molecular weight is 270 g/mol. The van der Waals surface area contributed by atoms with Gasteiger partial charge < -0.3 is 5.10 Å². The van der Waals surface area contributed by atoms with Gasteiger partial charge in [0.15, 0.2) is 0 Å². The molecule has 0 aliphatic carbocycles. The quantitative estimate of drug-likeness (QED) is 0.892. The number of aromatic nitrogens is 2. The number of rotatable bonds is 3. The van der Waals surface area contributed by atoms with Gasteiger partial charge in [-0.1, -0.05) is 18.2 Å². The second-order valence-electron chi connectivity index (χ2n) is 4.35. The first-order valence-corrected chi connectivity index (χ1v) is 5.91. The summed E-state index contributed by atoms with van der Waals surface area (Å²) in [6.45, 7) is 1.63. The average Bonchev–Trinajstić information content (AvgIpc) is 2.77. The van der Waals surface area contributed by atoms with E-state index in [4.69, 9.17) is 10.5 Å². The molecule has 1 unspecified atom stereocenters. The van der Waals surface area contributed by atoms with Crippen LogP contribution in [0.25, 0.3) is 0 Å². The minimum atomic E-state index is -1.15. The smallest absolute Gasteiger partial charge is 0.268 e. The second-order valence-corrected chi connectivity index (χ2v) is 4.35. The molecule has 0 saturated heterocycles. The fourth-order valence-electron chi connectivity index (χ4n) is 2.24. The molecule has 0 aliphatic rings. The molecule has 20 heavy (non-hydrogen) atoms. The maximum absolute atomic E-state index is 14.0. The van der Waals surface area contributed by atoms with Gasteiger partial charge in [0.1, 0.15) is 11.7 Å². The normalized spacial score (nSPS) is 11.8. The molecular formula is C14H11FN4O. The van der Waals surface area contributed by atoms with E-state index in [9.17, 15) is 9.18 Å². The minimum Gasteiger partial charge on any atom is -0.302 e. The van der Waals surface area contributed by atoms with Crippen molar-refractivity contribution < 1.29 is 4.39 Å².